The standard InChI is InChI=1S/C19H23N5O2/c1-2-26-13-6-7-15-14(11-13)17-18(23-15)19(22-12-21-17)20-8-4-10-24-9-3-5-16(24)25/h6-7,11-12,23H,2-5,8-10H2,1H3,(H,20,21,22). The molecule has 0 bridgehead atoms. The number of ether oxygens (including phenoxy) is 1. The summed E-state index contributed by atoms with van der Waals surface area (Å²) in [5.74, 6) is 1.90. The number of hydrogen-bond donors (Lipinski definition) is 2. The average Bonchev–Trinajstić information content (AvgIpc) is 3.23. The lowest BCUT2D eigenvalue weighted by Gasteiger charge is -2.15. The van der Waals surface area contributed by atoms with Gasteiger partial charge in [-0.25, -0.2) is 9.97 Å². The number of amides is 1. The van der Waals surface area contributed by atoms with Crippen LogP contribution in [0.4, 0.5) is 5.82 Å². The van der Waals surface area contributed by atoms with Crippen molar-refractivity contribution in [3.05, 3.63) is 24.5 Å². The molecule has 3 heterocycles. The van der Waals surface area contributed by atoms with Crippen LogP contribution in [0.1, 0.15) is 26.2 Å². The predicted molar refractivity (Wildman–Crippen MR) is 101 cm³/mol. The molecule has 0 aliphatic carbocycles. The van der Waals surface area contributed by atoms with Gasteiger partial charge in [0.25, 0.3) is 0 Å². The highest BCUT2D eigenvalue weighted by Gasteiger charge is 2.19. The molecule has 0 saturated carbocycles. The molecule has 2 N–H and O–H groups in total. The molecule has 3 aromatic rings. The number of nitrogens with one attached hydrogen (secondary N) is 2. The zero-order valence-corrected chi connectivity index (χ0v) is 14.9. The third-order valence-corrected chi connectivity index (χ3v) is 4.73. The second-order valence-electron chi connectivity index (χ2n) is 6.48. The number of rotatable bonds is 7. The minimum atomic E-state index is 0.273. The number of aromatic nitrogens is 3. The molecule has 1 aromatic carbocycles. The molecule has 2 aromatic heterocycles. The maximum atomic E-state index is 11.7. The second kappa shape index (κ2) is 7.19. The topological polar surface area (TPSA) is 83.1 Å². The van der Waals surface area contributed by atoms with Gasteiger partial charge in [-0.15, -0.1) is 0 Å². The summed E-state index contributed by atoms with van der Waals surface area (Å²) in [5, 5.41) is 4.40. The van der Waals surface area contributed by atoms with Crippen LogP contribution in [0.25, 0.3) is 21.9 Å². The van der Waals surface area contributed by atoms with E-state index in [1.165, 1.54) is 0 Å². The molecule has 1 amide bonds. The molecular weight excluding hydrogens is 330 g/mol. The highest BCUT2D eigenvalue weighted by molar-refractivity contribution is 6.08. The summed E-state index contributed by atoms with van der Waals surface area (Å²) in [7, 11) is 0. The van der Waals surface area contributed by atoms with Gasteiger partial charge < -0.3 is 19.9 Å². The van der Waals surface area contributed by atoms with E-state index < -0.39 is 0 Å². The number of nitrogens with zero attached hydrogens (tertiary/aromatic N) is 3. The van der Waals surface area contributed by atoms with E-state index in [0.29, 0.717) is 13.0 Å². The molecule has 1 saturated heterocycles. The first-order chi connectivity index (χ1) is 12.8. The smallest absolute Gasteiger partial charge is 0.222 e. The van der Waals surface area contributed by atoms with Crippen LogP contribution in [0.2, 0.25) is 0 Å². The Balaban J connectivity index is 1.50. The Bertz CT molecular complexity index is 936. The lowest BCUT2D eigenvalue weighted by molar-refractivity contribution is -0.127. The first-order valence-electron chi connectivity index (χ1n) is 9.17. The van der Waals surface area contributed by atoms with Crippen molar-refractivity contribution in [1.82, 2.24) is 19.9 Å². The number of likely N-dealkylation sites (tertiary alicyclic amines) is 1. The van der Waals surface area contributed by atoms with Crippen molar-refractivity contribution in [1.29, 1.82) is 0 Å². The van der Waals surface area contributed by atoms with E-state index >= 15 is 0 Å². The molecule has 0 spiro atoms. The molecule has 136 valence electrons. The van der Waals surface area contributed by atoms with Crippen LogP contribution < -0.4 is 10.1 Å². The van der Waals surface area contributed by atoms with E-state index in [-0.39, 0.29) is 5.91 Å². The summed E-state index contributed by atoms with van der Waals surface area (Å²) in [5.41, 5.74) is 2.79. The fraction of sp³-hybridized carbons (Fsp3) is 0.421. The molecule has 1 aliphatic rings. The van der Waals surface area contributed by atoms with Gasteiger partial charge in [-0.3, -0.25) is 4.79 Å². The van der Waals surface area contributed by atoms with Crippen LogP contribution in [0, 0.1) is 0 Å². The summed E-state index contributed by atoms with van der Waals surface area (Å²) in [6.45, 7) is 5.05. The Morgan fingerprint density at radius 1 is 1.35 bits per heavy atom. The summed E-state index contributed by atoms with van der Waals surface area (Å²) >= 11 is 0. The van der Waals surface area contributed by atoms with Gasteiger partial charge in [-0.1, -0.05) is 0 Å². The number of carbonyl (C=O) groups is 1. The predicted octanol–water partition coefficient (Wildman–Crippen LogP) is 2.93. The first kappa shape index (κ1) is 16.6. The van der Waals surface area contributed by atoms with Crippen molar-refractivity contribution < 1.29 is 9.53 Å². The third kappa shape index (κ3) is 3.16. The number of H-pyrrole nitrogens is 1. The molecule has 1 aliphatic heterocycles. The van der Waals surface area contributed by atoms with Gasteiger partial charge in [-0.05, 0) is 38.0 Å². The van der Waals surface area contributed by atoms with Gasteiger partial charge in [0.15, 0.2) is 5.82 Å². The van der Waals surface area contributed by atoms with Crippen LogP contribution in [0.5, 0.6) is 5.75 Å². The minimum Gasteiger partial charge on any atom is -0.494 e. The normalized spacial score (nSPS) is 14.5. The maximum Gasteiger partial charge on any atom is 0.222 e. The van der Waals surface area contributed by atoms with Crippen LogP contribution in [0.15, 0.2) is 24.5 Å². The van der Waals surface area contributed by atoms with Crippen LogP contribution in [0.3, 0.4) is 0 Å². The van der Waals surface area contributed by atoms with Crippen molar-refractivity contribution in [3.8, 4) is 5.75 Å². The monoisotopic (exact) mass is 353 g/mol. The quantitative estimate of drug-likeness (QED) is 0.638. The van der Waals surface area contributed by atoms with Crippen LogP contribution in [-0.2, 0) is 4.79 Å². The van der Waals surface area contributed by atoms with Crippen molar-refractivity contribution in [2.45, 2.75) is 26.2 Å². The molecule has 0 atom stereocenters. The Morgan fingerprint density at radius 2 is 2.27 bits per heavy atom. The third-order valence-electron chi connectivity index (χ3n) is 4.73. The first-order valence-corrected chi connectivity index (χ1v) is 9.17. The summed E-state index contributed by atoms with van der Waals surface area (Å²) in [4.78, 5) is 25.8. The van der Waals surface area contributed by atoms with Crippen molar-refractivity contribution >= 4 is 33.7 Å². The number of fused-ring (bicyclic) bond motifs is 3. The van der Waals surface area contributed by atoms with Gasteiger partial charge in [-0.2, -0.15) is 0 Å². The zero-order chi connectivity index (χ0) is 17.9. The number of hydrogen-bond acceptors (Lipinski definition) is 5. The van der Waals surface area contributed by atoms with Crippen LogP contribution >= 0.6 is 0 Å². The SMILES string of the molecule is CCOc1ccc2[nH]c3c(NCCCN4CCCC4=O)ncnc3c2c1. The maximum absolute atomic E-state index is 11.7. The summed E-state index contributed by atoms with van der Waals surface area (Å²) in [6.07, 6.45) is 4.15. The molecule has 7 nitrogen and oxygen atoms in total. The zero-order valence-electron chi connectivity index (χ0n) is 14.9. The highest BCUT2D eigenvalue weighted by Crippen LogP contribution is 2.30. The fourth-order valence-electron chi connectivity index (χ4n) is 3.48. The van der Waals surface area contributed by atoms with E-state index in [0.717, 1.165) is 66.0 Å². The van der Waals surface area contributed by atoms with Gasteiger partial charge in [0.05, 0.1) is 6.61 Å². The van der Waals surface area contributed by atoms with Gasteiger partial charge in [0.2, 0.25) is 5.91 Å². The van der Waals surface area contributed by atoms with E-state index in [9.17, 15) is 4.79 Å². The molecule has 7 heteroatoms. The minimum absolute atomic E-state index is 0.273. The number of carbonyl (C=O) groups excluding carboxylic acids is 1. The lowest BCUT2D eigenvalue weighted by atomic mass is 10.2. The number of aromatic amines is 1. The van der Waals surface area contributed by atoms with E-state index in [1.54, 1.807) is 6.33 Å². The summed E-state index contributed by atoms with van der Waals surface area (Å²) in [6, 6.07) is 5.97. The van der Waals surface area contributed by atoms with E-state index in [1.807, 2.05) is 30.0 Å². The van der Waals surface area contributed by atoms with Gasteiger partial charge in [0.1, 0.15) is 23.1 Å². The Labute approximate surface area is 151 Å². The van der Waals surface area contributed by atoms with Gasteiger partial charge >= 0.3 is 0 Å². The molecule has 1 fully saturated rings. The Hall–Kier alpha value is -2.83. The Kier molecular flexibility index (Phi) is 4.60. The average molecular weight is 353 g/mol. The fourth-order valence-corrected chi connectivity index (χ4v) is 3.48. The lowest BCUT2D eigenvalue weighted by Crippen LogP contribution is -2.27. The van der Waals surface area contributed by atoms with Crippen LogP contribution in [-0.4, -0.2) is 52.0 Å². The highest BCUT2D eigenvalue weighted by atomic mass is 16.5. The molecular formula is C19H23N5O2. The van der Waals surface area contributed by atoms with Crippen molar-refractivity contribution in [2.24, 2.45) is 0 Å². The van der Waals surface area contributed by atoms with Crippen molar-refractivity contribution in [3.63, 3.8) is 0 Å². The summed E-state index contributed by atoms with van der Waals surface area (Å²) < 4.78 is 5.59. The number of anilines is 1. The second-order valence-corrected chi connectivity index (χ2v) is 6.48. The largest absolute Gasteiger partial charge is 0.494 e. The number of benzene rings is 1. The molecule has 0 unspecified atom stereocenters. The molecule has 26 heavy (non-hydrogen) atoms. The molecule has 0 radical (unpaired) electrons. The van der Waals surface area contributed by atoms with E-state index in [4.69, 9.17) is 4.74 Å². The van der Waals surface area contributed by atoms with E-state index in [2.05, 4.69) is 20.3 Å². The van der Waals surface area contributed by atoms with Gasteiger partial charge in [0, 0.05) is 37.0 Å². The molecule has 4 rings (SSSR count). The Morgan fingerprint density at radius 3 is 3.08 bits per heavy atom. The van der Waals surface area contributed by atoms with Crippen molar-refractivity contribution in [2.75, 3.05) is 31.6 Å².